The molecule has 1 atom stereocenters. The number of rotatable bonds is 10. The Labute approximate surface area is 162 Å². The first-order valence-corrected chi connectivity index (χ1v) is 8.48. The van der Waals surface area contributed by atoms with Crippen molar-refractivity contribution in [1.82, 2.24) is 10.6 Å². The lowest BCUT2D eigenvalue weighted by Crippen LogP contribution is -2.46. The van der Waals surface area contributed by atoms with Gasteiger partial charge in [0.05, 0.1) is 0 Å². The predicted molar refractivity (Wildman–Crippen MR) is 103 cm³/mol. The van der Waals surface area contributed by atoms with Gasteiger partial charge in [0.25, 0.3) is 0 Å². The van der Waals surface area contributed by atoms with Crippen LogP contribution < -0.4 is 10.6 Å². The lowest BCUT2D eigenvalue weighted by Gasteiger charge is -2.26. The van der Waals surface area contributed by atoms with Gasteiger partial charge in [-0.3, -0.25) is 10.7 Å². The van der Waals surface area contributed by atoms with Crippen molar-refractivity contribution in [3.05, 3.63) is 0 Å². The van der Waals surface area contributed by atoms with Crippen LogP contribution in [0, 0.1) is 5.41 Å². The van der Waals surface area contributed by atoms with Gasteiger partial charge in [0.2, 0.25) is 0 Å². The minimum absolute atomic E-state index is 0. The lowest BCUT2D eigenvalue weighted by atomic mass is 10.1. The van der Waals surface area contributed by atoms with E-state index in [0.29, 0.717) is 19.4 Å². The molecule has 0 radical (unpaired) electrons. The summed E-state index contributed by atoms with van der Waals surface area (Å²) in [5.41, 5.74) is -1.27. The summed E-state index contributed by atoms with van der Waals surface area (Å²) in [4.78, 5) is 24.3. The Balaban J connectivity index is 0. The Morgan fingerprint density at radius 3 is 2.12 bits per heavy atom. The van der Waals surface area contributed by atoms with Gasteiger partial charge in [0, 0.05) is 0 Å². The van der Waals surface area contributed by atoms with E-state index in [4.69, 9.17) is 19.6 Å². The summed E-state index contributed by atoms with van der Waals surface area (Å²) in [6.45, 7) is 11.6. The van der Waals surface area contributed by atoms with Crippen LogP contribution in [0.3, 0.4) is 0 Å². The van der Waals surface area contributed by atoms with E-state index in [0.717, 1.165) is 12.8 Å². The highest BCUT2D eigenvalue weighted by molar-refractivity contribution is 5.85. The van der Waals surface area contributed by atoms with E-state index < -0.39 is 29.3 Å². The standard InChI is InChI=1S/C17H33N3O5.ClH/c1-16(2,3)24-14(21)13(20-15(22)25-17(4,5)6)9-7-8-10-19-12-23-11-18;/h11,13,18-19H,7-10,12H2,1-6H3,(H,20,22);1H/t13-;/m0./s1. The van der Waals surface area contributed by atoms with Gasteiger partial charge in [-0.15, -0.1) is 12.4 Å². The molecular formula is C17H34ClN3O5. The molecular weight excluding hydrogens is 362 g/mol. The lowest BCUT2D eigenvalue weighted by molar-refractivity contribution is -0.157. The number of hydrogen-bond acceptors (Lipinski definition) is 7. The van der Waals surface area contributed by atoms with Gasteiger partial charge in [0.15, 0.2) is 6.40 Å². The van der Waals surface area contributed by atoms with E-state index >= 15 is 0 Å². The van der Waals surface area contributed by atoms with E-state index in [2.05, 4.69) is 10.6 Å². The topological polar surface area (TPSA) is 110 Å². The molecule has 0 aliphatic heterocycles. The monoisotopic (exact) mass is 395 g/mol. The Morgan fingerprint density at radius 2 is 1.62 bits per heavy atom. The number of alkyl carbamates (subject to hydrolysis) is 1. The van der Waals surface area contributed by atoms with Crippen LogP contribution in [-0.2, 0) is 19.0 Å². The number of nitrogens with one attached hydrogen (secondary N) is 3. The Hall–Kier alpha value is -1.54. The quantitative estimate of drug-likeness (QED) is 0.172. The summed E-state index contributed by atoms with van der Waals surface area (Å²) in [6.07, 6.45) is 2.17. The van der Waals surface area contributed by atoms with Crippen LogP contribution >= 0.6 is 12.4 Å². The van der Waals surface area contributed by atoms with E-state index in [9.17, 15) is 9.59 Å². The van der Waals surface area contributed by atoms with Crippen LogP contribution in [0.5, 0.6) is 0 Å². The van der Waals surface area contributed by atoms with Crippen molar-refractivity contribution in [2.45, 2.75) is 78.0 Å². The summed E-state index contributed by atoms with van der Waals surface area (Å²) in [7, 11) is 0. The summed E-state index contributed by atoms with van der Waals surface area (Å²) < 4.78 is 15.3. The van der Waals surface area contributed by atoms with Gasteiger partial charge in [-0.2, -0.15) is 0 Å². The van der Waals surface area contributed by atoms with Crippen molar-refractivity contribution in [2.24, 2.45) is 0 Å². The molecule has 0 heterocycles. The molecule has 0 bridgehead atoms. The van der Waals surface area contributed by atoms with E-state index in [1.165, 1.54) is 0 Å². The van der Waals surface area contributed by atoms with Crippen molar-refractivity contribution >= 4 is 30.9 Å². The van der Waals surface area contributed by atoms with Gasteiger partial charge < -0.3 is 19.5 Å². The number of hydrogen-bond donors (Lipinski definition) is 3. The Morgan fingerprint density at radius 1 is 1.04 bits per heavy atom. The van der Waals surface area contributed by atoms with Gasteiger partial charge in [-0.1, -0.05) is 0 Å². The van der Waals surface area contributed by atoms with Crippen molar-refractivity contribution in [3.8, 4) is 0 Å². The zero-order valence-electron chi connectivity index (χ0n) is 16.6. The second kappa shape index (κ2) is 12.8. The van der Waals surface area contributed by atoms with Gasteiger partial charge in [0.1, 0.15) is 24.0 Å². The first kappa shape index (κ1) is 26.7. The molecule has 1 amide bonds. The molecule has 0 rings (SSSR count). The third-order valence-corrected chi connectivity index (χ3v) is 2.75. The third kappa shape index (κ3) is 16.0. The average Bonchev–Trinajstić information content (AvgIpc) is 2.41. The summed E-state index contributed by atoms with van der Waals surface area (Å²) in [6, 6.07) is -0.757. The van der Waals surface area contributed by atoms with Crippen LogP contribution in [0.25, 0.3) is 0 Å². The number of amides is 1. The maximum Gasteiger partial charge on any atom is 0.408 e. The summed E-state index contributed by atoms with van der Waals surface area (Å²) >= 11 is 0. The highest BCUT2D eigenvalue weighted by Gasteiger charge is 2.28. The SMILES string of the molecule is CC(C)(C)OC(=O)N[C@@H](CCCCNCOC=N)C(=O)OC(C)(C)C.Cl. The first-order valence-electron chi connectivity index (χ1n) is 8.48. The van der Waals surface area contributed by atoms with Crippen molar-refractivity contribution < 1.29 is 23.8 Å². The summed E-state index contributed by atoms with van der Waals surface area (Å²) in [5, 5.41) is 12.3. The second-order valence-corrected chi connectivity index (χ2v) is 7.66. The highest BCUT2D eigenvalue weighted by atomic mass is 35.5. The number of carbonyl (C=O) groups excluding carboxylic acids is 2. The Bertz CT molecular complexity index is 433. The number of ether oxygens (including phenoxy) is 3. The average molecular weight is 396 g/mol. The number of esters is 1. The molecule has 0 aromatic heterocycles. The molecule has 0 aliphatic rings. The van der Waals surface area contributed by atoms with Crippen LogP contribution in [0.4, 0.5) is 4.79 Å². The second-order valence-electron chi connectivity index (χ2n) is 7.66. The van der Waals surface area contributed by atoms with E-state index in [1.54, 1.807) is 41.5 Å². The van der Waals surface area contributed by atoms with Crippen molar-refractivity contribution in [1.29, 1.82) is 5.41 Å². The molecule has 0 aliphatic carbocycles. The van der Waals surface area contributed by atoms with Crippen LogP contribution in [0.1, 0.15) is 60.8 Å². The van der Waals surface area contributed by atoms with Gasteiger partial charge >= 0.3 is 12.1 Å². The normalized spacial score (nSPS) is 12.4. The maximum absolute atomic E-state index is 12.3. The molecule has 0 fully saturated rings. The van der Waals surface area contributed by atoms with Crippen LogP contribution in [0.15, 0.2) is 0 Å². The predicted octanol–water partition coefficient (Wildman–Crippen LogP) is 2.98. The summed E-state index contributed by atoms with van der Waals surface area (Å²) in [5.74, 6) is -0.474. The minimum Gasteiger partial charge on any atom is -0.469 e. The fraction of sp³-hybridized carbons (Fsp3) is 0.824. The van der Waals surface area contributed by atoms with Gasteiger partial charge in [-0.05, 0) is 67.3 Å². The highest BCUT2D eigenvalue weighted by Crippen LogP contribution is 2.13. The maximum atomic E-state index is 12.3. The molecule has 26 heavy (non-hydrogen) atoms. The number of unbranched alkanes of at least 4 members (excludes halogenated alkanes) is 1. The van der Waals surface area contributed by atoms with E-state index in [-0.39, 0.29) is 19.1 Å². The van der Waals surface area contributed by atoms with Crippen molar-refractivity contribution in [3.63, 3.8) is 0 Å². The fourth-order valence-corrected chi connectivity index (χ4v) is 1.84. The fourth-order valence-electron chi connectivity index (χ4n) is 1.84. The molecule has 0 aromatic carbocycles. The largest absolute Gasteiger partial charge is 0.469 e. The molecule has 0 aromatic rings. The van der Waals surface area contributed by atoms with Gasteiger partial charge in [-0.25, -0.2) is 9.59 Å². The molecule has 8 nitrogen and oxygen atoms in total. The molecule has 0 spiro atoms. The zero-order valence-corrected chi connectivity index (χ0v) is 17.5. The van der Waals surface area contributed by atoms with Crippen LogP contribution in [-0.4, -0.2) is 49.0 Å². The first-order chi connectivity index (χ1) is 11.4. The molecule has 0 saturated heterocycles. The number of halogens is 1. The Kier molecular flexibility index (Phi) is 13.1. The third-order valence-electron chi connectivity index (χ3n) is 2.75. The zero-order chi connectivity index (χ0) is 19.5. The molecule has 0 unspecified atom stereocenters. The molecule has 0 saturated carbocycles. The molecule has 3 N–H and O–H groups in total. The van der Waals surface area contributed by atoms with Crippen molar-refractivity contribution in [2.75, 3.05) is 13.3 Å². The molecule has 154 valence electrons. The minimum atomic E-state index is -0.757. The molecule has 9 heteroatoms. The van der Waals surface area contributed by atoms with Crippen LogP contribution in [0.2, 0.25) is 0 Å². The number of carbonyl (C=O) groups is 2. The smallest absolute Gasteiger partial charge is 0.408 e. The van der Waals surface area contributed by atoms with E-state index in [1.807, 2.05) is 0 Å².